The highest BCUT2D eigenvalue weighted by atomic mass is 79.9. The van der Waals surface area contributed by atoms with Crippen LogP contribution in [-0.4, -0.2) is 19.1 Å². The van der Waals surface area contributed by atoms with Crippen molar-refractivity contribution in [2.45, 2.75) is 130 Å². The number of benzene rings is 2. The van der Waals surface area contributed by atoms with Gasteiger partial charge in [-0.05, 0) is 42.2 Å². The largest absolute Gasteiger partial charge is 1.00 e. The number of anilines is 1. The number of carbonyl (C=O) groups is 1. The van der Waals surface area contributed by atoms with Crippen LogP contribution in [0.3, 0.4) is 0 Å². The van der Waals surface area contributed by atoms with E-state index in [1.54, 1.807) is 11.3 Å². The third kappa shape index (κ3) is 16.1. The fraction of sp³-hybridized carbons (Fsp3) is 0.579. The Morgan fingerprint density at radius 3 is 1.96 bits per heavy atom. The molecule has 1 aromatic heterocycles. The standard InChI is InChI=1S/C38H56N2O3S.BrH/c1-5-6-7-8-9-10-11-12-13-14-15-16-17-18-26-42-36-24-23-34(28-35(36)38(2,3)4)43-30-37(41)39-33-21-19-32(20-22-33)29-40-25-27-44-31-40;/h19-25,27-28,31H,5-18,26,29-30H2,1-4H3;1H. The molecule has 0 fully saturated rings. The minimum absolute atomic E-state index is 0. The fourth-order valence-electron chi connectivity index (χ4n) is 5.39. The number of hydrogen-bond donors (Lipinski definition) is 1. The van der Waals surface area contributed by atoms with Crippen LogP contribution in [0.1, 0.15) is 129 Å². The average Bonchev–Trinajstić information content (AvgIpc) is 3.52. The van der Waals surface area contributed by atoms with Gasteiger partial charge in [0.15, 0.2) is 19.3 Å². The highest BCUT2D eigenvalue weighted by Crippen LogP contribution is 2.34. The summed E-state index contributed by atoms with van der Waals surface area (Å²) in [5.41, 5.74) is 5.03. The predicted molar refractivity (Wildman–Crippen MR) is 185 cm³/mol. The normalized spacial score (nSPS) is 11.2. The first-order valence-electron chi connectivity index (χ1n) is 17.1. The maximum Gasteiger partial charge on any atom is 0.262 e. The maximum atomic E-state index is 12.6. The molecular formula is C38H57BrN2O3S. The van der Waals surface area contributed by atoms with Crippen molar-refractivity contribution >= 4 is 22.9 Å². The third-order valence-electron chi connectivity index (χ3n) is 8.01. The number of rotatable bonds is 22. The van der Waals surface area contributed by atoms with Gasteiger partial charge in [0.2, 0.25) is 5.51 Å². The van der Waals surface area contributed by atoms with Gasteiger partial charge in [0, 0.05) is 16.8 Å². The fourth-order valence-corrected chi connectivity index (χ4v) is 5.99. The first-order valence-corrected chi connectivity index (χ1v) is 18.0. The number of nitrogens with zero attached hydrogens (tertiary/aromatic N) is 1. The molecular weight excluding hydrogens is 644 g/mol. The number of amides is 1. The van der Waals surface area contributed by atoms with Gasteiger partial charge >= 0.3 is 0 Å². The summed E-state index contributed by atoms with van der Waals surface area (Å²) >= 11 is 1.67. The molecule has 7 heteroatoms. The van der Waals surface area contributed by atoms with Crippen molar-refractivity contribution in [3.05, 3.63) is 70.7 Å². The number of ether oxygens (including phenoxy) is 2. The predicted octanol–water partition coefficient (Wildman–Crippen LogP) is 7.26. The van der Waals surface area contributed by atoms with Crippen LogP contribution in [0.15, 0.2) is 59.6 Å². The van der Waals surface area contributed by atoms with Crippen molar-refractivity contribution < 1.29 is 35.8 Å². The second-order valence-electron chi connectivity index (χ2n) is 13.1. The lowest BCUT2D eigenvalue weighted by Gasteiger charge is -2.24. The van der Waals surface area contributed by atoms with E-state index in [-0.39, 0.29) is 34.9 Å². The van der Waals surface area contributed by atoms with Gasteiger partial charge < -0.3 is 31.8 Å². The van der Waals surface area contributed by atoms with E-state index in [9.17, 15) is 4.79 Å². The summed E-state index contributed by atoms with van der Waals surface area (Å²) < 4.78 is 14.3. The highest BCUT2D eigenvalue weighted by Gasteiger charge is 2.20. The number of halogens is 1. The Kier molecular flexibility index (Phi) is 19.1. The SMILES string of the molecule is CCCCCCCCCCCCCCCCOc1ccc(OCC(=O)Nc2ccc(C[n+]3ccsc3)cc2)cc1C(C)(C)C.[Br-]. The van der Waals surface area contributed by atoms with Gasteiger partial charge in [-0.2, -0.15) is 4.57 Å². The van der Waals surface area contributed by atoms with Gasteiger partial charge in [0.1, 0.15) is 11.5 Å². The molecule has 1 amide bonds. The van der Waals surface area contributed by atoms with Crippen LogP contribution in [0.4, 0.5) is 5.69 Å². The van der Waals surface area contributed by atoms with Crippen molar-refractivity contribution in [1.29, 1.82) is 0 Å². The summed E-state index contributed by atoms with van der Waals surface area (Å²) in [6.07, 6.45) is 21.0. The zero-order chi connectivity index (χ0) is 31.5. The molecule has 3 aromatic rings. The molecule has 2 aromatic carbocycles. The summed E-state index contributed by atoms with van der Waals surface area (Å²) in [5, 5.41) is 4.99. The second-order valence-corrected chi connectivity index (χ2v) is 13.8. The summed E-state index contributed by atoms with van der Waals surface area (Å²) in [6.45, 7) is 10.3. The van der Waals surface area contributed by atoms with Gasteiger partial charge in [-0.1, -0.05) is 135 Å². The Morgan fingerprint density at radius 1 is 0.800 bits per heavy atom. The lowest BCUT2D eigenvalue weighted by Crippen LogP contribution is -3.00. The molecule has 0 saturated carbocycles. The highest BCUT2D eigenvalue weighted by molar-refractivity contribution is 7.07. The molecule has 250 valence electrons. The van der Waals surface area contributed by atoms with E-state index in [2.05, 4.69) is 54.7 Å². The van der Waals surface area contributed by atoms with Crippen molar-refractivity contribution in [3.8, 4) is 11.5 Å². The number of nitrogens with one attached hydrogen (secondary N) is 1. The van der Waals surface area contributed by atoms with Gasteiger partial charge in [-0.25, -0.2) is 0 Å². The van der Waals surface area contributed by atoms with E-state index in [0.29, 0.717) is 5.75 Å². The van der Waals surface area contributed by atoms with Crippen molar-refractivity contribution in [1.82, 2.24) is 0 Å². The molecule has 5 nitrogen and oxygen atoms in total. The first-order chi connectivity index (χ1) is 21.3. The van der Waals surface area contributed by atoms with Crippen LogP contribution in [0.5, 0.6) is 11.5 Å². The molecule has 0 radical (unpaired) electrons. The Morgan fingerprint density at radius 2 is 1.40 bits per heavy atom. The second kappa shape index (κ2) is 22.2. The van der Waals surface area contributed by atoms with Gasteiger partial charge in [0.05, 0.1) is 12.0 Å². The minimum atomic E-state index is -0.180. The van der Waals surface area contributed by atoms with E-state index < -0.39 is 0 Å². The number of hydrogen-bond acceptors (Lipinski definition) is 4. The molecule has 1 N–H and O–H groups in total. The Balaban J connectivity index is 0.00000705. The monoisotopic (exact) mass is 700 g/mol. The van der Waals surface area contributed by atoms with Gasteiger partial charge in [0.25, 0.3) is 5.91 Å². The van der Waals surface area contributed by atoms with Gasteiger partial charge in [-0.15, -0.1) is 0 Å². The molecule has 0 aliphatic rings. The van der Waals surface area contributed by atoms with Crippen LogP contribution >= 0.6 is 11.3 Å². The number of unbranched alkanes of at least 4 members (excludes halogenated alkanes) is 13. The van der Waals surface area contributed by atoms with Crippen LogP contribution in [-0.2, 0) is 16.8 Å². The Bertz CT molecular complexity index is 1190. The van der Waals surface area contributed by atoms with Gasteiger partial charge in [-0.3, -0.25) is 4.79 Å². The van der Waals surface area contributed by atoms with Crippen molar-refractivity contribution in [2.75, 3.05) is 18.5 Å². The summed E-state index contributed by atoms with van der Waals surface area (Å²) in [6, 6.07) is 13.8. The first kappa shape index (κ1) is 38.8. The average molecular weight is 702 g/mol. The Hall–Kier alpha value is -2.38. The summed E-state index contributed by atoms with van der Waals surface area (Å²) in [5.74, 6) is 1.40. The van der Waals surface area contributed by atoms with E-state index in [1.807, 2.05) is 42.5 Å². The number of thiazole rings is 1. The smallest absolute Gasteiger partial charge is 0.262 e. The van der Waals surface area contributed by atoms with E-state index >= 15 is 0 Å². The van der Waals surface area contributed by atoms with Crippen LogP contribution < -0.4 is 36.3 Å². The zero-order valence-corrected chi connectivity index (χ0v) is 30.7. The molecule has 45 heavy (non-hydrogen) atoms. The number of carbonyl (C=O) groups excluding carboxylic acids is 1. The van der Waals surface area contributed by atoms with Crippen LogP contribution in [0.25, 0.3) is 0 Å². The number of aromatic nitrogens is 1. The summed E-state index contributed by atoms with van der Waals surface area (Å²) in [4.78, 5) is 12.6. The molecule has 0 spiro atoms. The molecule has 0 unspecified atom stereocenters. The molecule has 0 bridgehead atoms. The topological polar surface area (TPSA) is 51.4 Å². The van der Waals surface area contributed by atoms with E-state index in [1.165, 1.54) is 89.0 Å². The Labute approximate surface area is 287 Å². The van der Waals surface area contributed by atoms with Crippen molar-refractivity contribution in [3.63, 3.8) is 0 Å². The van der Waals surface area contributed by atoms with Crippen molar-refractivity contribution in [2.24, 2.45) is 0 Å². The van der Waals surface area contributed by atoms with Crippen LogP contribution in [0.2, 0.25) is 0 Å². The quantitative estimate of drug-likeness (QED) is 0.0887. The molecule has 0 aliphatic carbocycles. The van der Waals surface area contributed by atoms with E-state index in [4.69, 9.17) is 9.47 Å². The lowest BCUT2D eigenvalue weighted by atomic mass is 9.86. The lowest BCUT2D eigenvalue weighted by molar-refractivity contribution is -0.683. The molecule has 0 aliphatic heterocycles. The molecule has 1 heterocycles. The zero-order valence-electron chi connectivity index (χ0n) is 28.3. The maximum absolute atomic E-state index is 12.6. The molecule has 3 rings (SSSR count). The summed E-state index contributed by atoms with van der Waals surface area (Å²) in [7, 11) is 0. The molecule has 0 atom stereocenters. The van der Waals surface area contributed by atoms with E-state index in [0.717, 1.165) is 36.6 Å². The van der Waals surface area contributed by atoms with Crippen LogP contribution in [0, 0.1) is 0 Å². The third-order valence-corrected chi connectivity index (χ3v) is 8.69. The molecule has 0 saturated heterocycles. The minimum Gasteiger partial charge on any atom is -1.00 e.